The Balaban J connectivity index is 1.83. The summed E-state index contributed by atoms with van der Waals surface area (Å²) in [6.07, 6.45) is 0.987. The Morgan fingerprint density at radius 1 is 1.11 bits per heavy atom. The minimum Gasteiger partial charge on any atom is -0.378 e. The van der Waals surface area contributed by atoms with E-state index in [-0.39, 0.29) is 16.5 Å². The summed E-state index contributed by atoms with van der Waals surface area (Å²) in [5.41, 5.74) is 1.72. The molecule has 150 valence electrons. The molecular formula is C21H26N2O4S. The van der Waals surface area contributed by atoms with Crippen LogP contribution in [0.15, 0.2) is 53.4 Å². The highest BCUT2D eigenvalue weighted by atomic mass is 32.2. The Bertz CT molecular complexity index is 920. The SMILES string of the molecule is CCC(C)c1ccc(S(=O)(=O)Nc2ccccc2C(=O)N2CCOCC2)cc1. The average Bonchev–Trinajstić information content (AvgIpc) is 2.73. The quantitative estimate of drug-likeness (QED) is 0.803. The van der Waals surface area contributed by atoms with Crippen LogP contribution in [-0.4, -0.2) is 45.5 Å². The fourth-order valence-corrected chi connectivity index (χ4v) is 4.19. The highest BCUT2D eigenvalue weighted by molar-refractivity contribution is 7.92. The lowest BCUT2D eigenvalue weighted by Gasteiger charge is -2.27. The summed E-state index contributed by atoms with van der Waals surface area (Å²) in [6.45, 7) is 6.17. The number of benzene rings is 2. The zero-order chi connectivity index (χ0) is 20.1. The number of para-hydroxylation sites is 1. The maximum Gasteiger partial charge on any atom is 0.261 e. The van der Waals surface area contributed by atoms with Gasteiger partial charge in [0.25, 0.3) is 15.9 Å². The number of nitrogens with one attached hydrogen (secondary N) is 1. The van der Waals surface area contributed by atoms with Gasteiger partial charge in [0.2, 0.25) is 0 Å². The van der Waals surface area contributed by atoms with E-state index in [4.69, 9.17) is 4.74 Å². The van der Waals surface area contributed by atoms with Crippen LogP contribution in [0.3, 0.4) is 0 Å². The van der Waals surface area contributed by atoms with E-state index in [0.717, 1.165) is 12.0 Å². The van der Waals surface area contributed by atoms with Crippen LogP contribution in [0.2, 0.25) is 0 Å². The number of rotatable bonds is 6. The molecule has 2 aromatic carbocycles. The van der Waals surface area contributed by atoms with Crippen molar-refractivity contribution in [2.24, 2.45) is 0 Å². The molecule has 1 fully saturated rings. The number of amides is 1. The molecule has 0 bridgehead atoms. The Morgan fingerprint density at radius 3 is 2.39 bits per heavy atom. The molecule has 1 atom stereocenters. The highest BCUT2D eigenvalue weighted by Crippen LogP contribution is 2.24. The van der Waals surface area contributed by atoms with Gasteiger partial charge in [0.15, 0.2) is 0 Å². The summed E-state index contributed by atoms with van der Waals surface area (Å²) in [5.74, 6) is 0.172. The van der Waals surface area contributed by atoms with Crippen molar-refractivity contribution in [3.8, 4) is 0 Å². The minimum atomic E-state index is -3.79. The van der Waals surface area contributed by atoms with Crippen molar-refractivity contribution in [3.63, 3.8) is 0 Å². The second-order valence-electron chi connectivity index (χ2n) is 6.93. The molecule has 1 N–H and O–H groups in total. The molecule has 28 heavy (non-hydrogen) atoms. The smallest absolute Gasteiger partial charge is 0.261 e. The van der Waals surface area contributed by atoms with Crippen molar-refractivity contribution in [2.75, 3.05) is 31.0 Å². The molecule has 0 radical (unpaired) electrons. The maximum absolute atomic E-state index is 12.8. The number of carbonyl (C=O) groups excluding carboxylic acids is 1. The standard InChI is InChI=1S/C21H26N2O4S/c1-3-16(2)17-8-10-18(11-9-17)28(25,26)22-20-7-5-4-6-19(20)21(24)23-12-14-27-15-13-23/h4-11,16,22H,3,12-15H2,1-2H3. The Kier molecular flexibility index (Phi) is 6.36. The molecule has 1 unspecified atom stereocenters. The predicted octanol–water partition coefficient (Wildman–Crippen LogP) is 3.47. The van der Waals surface area contributed by atoms with Crippen LogP contribution in [0.25, 0.3) is 0 Å². The van der Waals surface area contributed by atoms with Crippen molar-refractivity contribution < 1.29 is 17.9 Å². The average molecular weight is 403 g/mol. The van der Waals surface area contributed by atoms with Gasteiger partial charge in [-0.15, -0.1) is 0 Å². The van der Waals surface area contributed by atoms with Gasteiger partial charge >= 0.3 is 0 Å². The lowest BCUT2D eigenvalue weighted by molar-refractivity contribution is 0.0303. The van der Waals surface area contributed by atoms with Crippen molar-refractivity contribution in [3.05, 3.63) is 59.7 Å². The Labute approximate surface area is 166 Å². The van der Waals surface area contributed by atoms with E-state index in [1.165, 1.54) is 0 Å². The van der Waals surface area contributed by atoms with Gasteiger partial charge in [-0.2, -0.15) is 0 Å². The second kappa shape index (κ2) is 8.75. The van der Waals surface area contributed by atoms with Gasteiger partial charge in [-0.05, 0) is 42.2 Å². The van der Waals surface area contributed by atoms with Crippen molar-refractivity contribution in [1.29, 1.82) is 0 Å². The summed E-state index contributed by atoms with van der Waals surface area (Å²) in [7, 11) is -3.79. The van der Waals surface area contributed by atoms with Crippen molar-refractivity contribution in [2.45, 2.75) is 31.1 Å². The molecule has 7 heteroatoms. The van der Waals surface area contributed by atoms with Gasteiger partial charge in [-0.3, -0.25) is 9.52 Å². The number of morpholine rings is 1. The first kappa shape index (κ1) is 20.4. The molecule has 6 nitrogen and oxygen atoms in total. The fourth-order valence-electron chi connectivity index (χ4n) is 3.11. The van der Waals surface area contributed by atoms with Gasteiger partial charge in [0.1, 0.15) is 0 Å². The molecule has 1 saturated heterocycles. The molecular weight excluding hydrogens is 376 g/mol. The number of hydrogen-bond donors (Lipinski definition) is 1. The zero-order valence-electron chi connectivity index (χ0n) is 16.2. The summed E-state index contributed by atoms with van der Waals surface area (Å²) in [4.78, 5) is 14.7. The van der Waals surface area contributed by atoms with Crippen LogP contribution in [0.1, 0.15) is 42.1 Å². The van der Waals surface area contributed by atoms with Crippen LogP contribution in [-0.2, 0) is 14.8 Å². The van der Waals surface area contributed by atoms with E-state index in [1.54, 1.807) is 41.3 Å². The predicted molar refractivity (Wildman–Crippen MR) is 109 cm³/mol. The van der Waals surface area contributed by atoms with Crippen LogP contribution in [0, 0.1) is 0 Å². The molecule has 2 aromatic rings. The molecule has 3 rings (SSSR count). The Morgan fingerprint density at radius 2 is 1.75 bits per heavy atom. The molecule has 1 aliphatic rings. The number of hydrogen-bond acceptors (Lipinski definition) is 4. The molecule has 0 saturated carbocycles. The normalized spacial score (nSPS) is 15.9. The molecule has 0 spiro atoms. The molecule has 1 heterocycles. The van der Waals surface area contributed by atoms with Crippen LogP contribution < -0.4 is 4.72 Å². The van der Waals surface area contributed by atoms with Crippen LogP contribution in [0.4, 0.5) is 5.69 Å². The van der Waals surface area contributed by atoms with Gasteiger partial charge in [-0.1, -0.05) is 38.1 Å². The van der Waals surface area contributed by atoms with E-state index >= 15 is 0 Å². The highest BCUT2D eigenvalue weighted by Gasteiger charge is 2.23. The maximum atomic E-state index is 12.8. The van der Waals surface area contributed by atoms with E-state index in [0.29, 0.717) is 37.8 Å². The number of nitrogens with zero attached hydrogens (tertiary/aromatic N) is 1. The third-order valence-corrected chi connectivity index (χ3v) is 6.45. The third kappa shape index (κ3) is 4.54. The first-order valence-electron chi connectivity index (χ1n) is 9.51. The van der Waals surface area contributed by atoms with Crippen molar-refractivity contribution >= 4 is 21.6 Å². The van der Waals surface area contributed by atoms with Gasteiger partial charge in [-0.25, -0.2) is 8.42 Å². The van der Waals surface area contributed by atoms with E-state index in [9.17, 15) is 13.2 Å². The van der Waals surface area contributed by atoms with Gasteiger partial charge < -0.3 is 9.64 Å². The fraction of sp³-hybridized carbons (Fsp3) is 0.381. The van der Waals surface area contributed by atoms with Crippen molar-refractivity contribution in [1.82, 2.24) is 4.90 Å². The lowest BCUT2D eigenvalue weighted by Crippen LogP contribution is -2.41. The third-order valence-electron chi connectivity index (χ3n) is 5.07. The molecule has 1 aliphatic heterocycles. The molecule has 0 aromatic heterocycles. The number of sulfonamides is 1. The first-order valence-corrected chi connectivity index (χ1v) is 11.0. The summed E-state index contributed by atoms with van der Waals surface area (Å²) in [6, 6.07) is 13.6. The summed E-state index contributed by atoms with van der Waals surface area (Å²) >= 11 is 0. The summed E-state index contributed by atoms with van der Waals surface area (Å²) in [5, 5.41) is 0. The largest absolute Gasteiger partial charge is 0.378 e. The molecule has 0 aliphatic carbocycles. The van der Waals surface area contributed by atoms with E-state index in [2.05, 4.69) is 18.6 Å². The summed E-state index contributed by atoms with van der Waals surface area (Å²) < 4.78 is 33.6. The van der Waals surface area contributed by atoms with E-state index in [1.807, 2.05) is 12.1 Å². The topological polar surface area (TPSA) is 75.7 Å². The lowest BCUT2D eigenvalue weighted by atomic mass is 9.99. The zero-order valence-corrected chi connectivity index (χ0v) is 17.0. The minimum absolute atomic E-state index is 0.174. The number of anilines is 1. The van der Waals surface area contributed by atoms with E-state index < -0.39 is 10.0 Å². The Hall–Kier alpha value is -2.38. The van der Waals surface area contributed by atoms with Gasteiger partial charge in [0, 0.05) is 13.1 Å². The first-order chi connectivity index (χ1) is 13.4. The van der Waals surface area contributed by atoms with Crippen LogP contribution in [0.5, 0.6) is 0 Å². The number of carbonyl (C=O) groups is 1. The number of ether oxygens (including phenoxy) is 1. The van der Waals surface area contributed by atoms with Gasteiger partial charge in [0.05, 0.1) is 29.4 Å². The second-order valence-corrected chi connectivity index (χ2v) is 8.62. The molecule has 1 amide bonds. The van der Waals surface area contributed by atoms with Crippen LogP contribution >= 0.6 is 0 Å². The monoisotopic (exact) mass is 402 g/mol.